The summed E-state index contributed by atoms with van der Waals surface area (Å²) in [5.74, 6) is -0.478. The molecule has 2 N–H and O–H groups in total. The number of primary amides is 1. The lowest BCUT2D eigenvalue weighted by Crippen LogP contribution is -2.17. The Morgan fingerprint density at radius 3 is 2.24 bits per heavy atom. The maximum Gasteiger partial charge on any atom is 0.361 e. The smallest absolute Gasteiger partial charge is 0.361 e. The molecule has 0 saturated carbocycles. The first-order chi connectivity index (χ1) is 13.7. The Bertz CT molecular complexity index is 1040. The van der Waals surface area contributed by atoms with Crippen molar-refractivity contribution in [3.63, 3.8) is 0 Å². The Labute approximate surface area is 170 Å². The summed E-state index contributed by atoms with van der Waals surface area (Å²) in [4.78, 5) is 15.7. The molecule has 0 aliphatic heterocycles. The number of hydrogen-bond donors (Lipinski definition) is 1. The first-order valence-electron chi connectivity index (χ1n) is 9.49. The number of carbonyl (C=O) groups excluding carboxylic acids is 1. The second-order valence-electron chi connectivity index (χ2n) is 7.41. The molecule has 0 radical (unpaired) electrons. The quantitative estimate of drug-likeness (QED) is 0.564. The molecule has 3 aromatic rings. The zero-order valence-corrected chi connectivity index (χ0v) is 17.9. The molecule has 2 aromatic carbocycles. The summed E-state index contributed by atoms with van der Waals surface area (Å²) in [6.45, 7) is 7.90. The fraction of sp³-hybridized carbons (Fsp3) is 0.333. The largest absolute Gasteiger partial charge is 0.366 e. The second kappa shape index (κ2) is 8.49. The van der Waals surface area contributed by atoms with Crippen molar-refractivity contribution in [1.82, 2.24) is 9.55 Å². The van der Waals surface area contributed by atoms with Crippen LogP contribution in [0.1, 0.15) is 43.6 Å². The summed E-state index contributed by atoms with van der Waals surface area (Å²) < 4.78 is 26.5. The molecule has 0 bridgehead atoms. The molecule has 7 nitrogen and oxygen atoms in total. The molecular weight excluding hydrogens is 389 g/mol. The summed E-state index contributed by atoms with van der Waals surface area (Å²) in [6.07, 6.45) is 1.28. The van der Waals surface area contributed by atoms with E-state index >= 15 is 0 Å². The highest BCUT2D eigenvalue weighted by Crippen LogP contribution is 2.49. The van der Waals surface area contributed by atoms with E-state index in [1.807, 2.05) is 50.5 Å². The van der Waals surface area contributed by atoms with Crippen LogP contribution in [0, 0.1) is 0 Å². The third-order valence-corrected chi connectivity index (χ3v) is 6.54. The predicted octanol–water partition coefficient (Wildman–Crippen LogP) is 3.85. The van der Waals surface area contributed by atoms with E-state index in [9.17, 15) is 9.36 Å². The van der Waals surface area contributed by atoms with Crippen molar-refractivity contribution in [2.75, 3.05) is 0 Å². The minimum Gasteiger partial charge on any atom is -0.366 e. The molecule has 0 fully saturated rings. The van der Waals surface area contributed by atoms with Gasteiger partial charge in [-0.05, 0) is 63.6 Å². The highest BCUT2D eigenvalue weighted by Gasteiger charge is 2.30. The van der Waals surface area contributed by atoms with Gasteiger partial charge in [0.1, 0.15) is 0 Å². The van der Waals surface area contributed by atoms with Gasteiger partial charge in [-0.3, -0.25) is 9.36 Å². The van der Waals surface area contributed by atoms with Crippen LogP contribution in [-0.2, 0) is 20.2 Å². The van der Waals surface area contributed by atoms with E-state index in [2.05, 4.69) is 4.98 Å². The van der Waals surface area contributed by atoms with Crippen LogP contribution in [0.3, 0.4) is 0 Å². The van der Waals surface area contributed by atoms with E-state index in [0.717, 1.165) is 11.1 Å². The van der Waals surface area contributed by atoms with Crippen molar-refractivity contribution in [3.05, 3.63) is 59.9 Å². The normalized spacial score (nSPS) is 12.2. The van der Waals surface area contributed by atoms with Crippen molar-refractivity contribution in [2.45, 2.75) is 46.4 Å². The summed E-state index contributed by atoms with van der Waals surface area (Å²) in [5.41, 5.74) is 8.37. The second-order valence-corrected chi connectivity index (χ2v) is 9.35. The highest BCUT2D eigenvalue weighted by atomic mass is 31.2. The van der Waals surface area contributed by atoms with Crippen molar-refractivity contribution < 1.29 is 18.4 Å². The number of fused-ring (bicyclic) bond motifs is 1. The number of nitrogens with two attached hydrogens (primary N) is 1. The average molecular weight is 415 g/mol. The predicted molar refractivity (Wildman–Crippen MR) is 113 cm³/mol. The summed E-state index contributed by atoms with van der Waals surface area (Å²) in [5, 5.41) is 0.533. The molecular formula is C21H26N3O4P. The third kappa shape index (κ3) is 4.93. The van der Waals surface area contributed by atoms with Gasteiger partial charge in [0.15, 0.2) is 0 Å². The molecule has 0 aliphatic carbocycles. The monoisotopic (exact) mass is 415 g/mol. The number of benzene rings is 2. The lowest BCUT2D eigenvalue weighted by atomic mass is 10.2. The van der Waals surface area contributed by atoms with Gasteiger partial charge in [0, 0.05) is 12.1 Å². The van der Waals surface area contributed by atoms with Gasteiger partial charge in [-0.1, -0.05) is 12.1 Å². The van der Waals surface area contributed by atoms with Crippen LogP contribution in [0.25, 0.3) is 11.0 Å². The maximum atomic E-state index is 13.2. The van der Waals surface area contributed by atoms with Crippen molar-refractivity contribution in [1.29, 1.82) is 0 Å². The SMILES string of the molecule is CC(C)OP(=O)(OC(C)C)c1ccc(Cn2cnc3cc(C(N)=O)ccc32)cc1. The third-order valence-electron chi connectivity index (χ3n) is 4.21. The molecule has 8 heteroatoms. The molecule has 0 atom stereocenters. The van der Waals surface area contributed by atoms with E-state index in [4.69, 9.17) is 14.8 Å². The highest BCUT2D eigenvalue weighted by molar-refractivity contribution is 7.62. The first-order valence-corrected chi connectivity index (χ1v) is 11.0. The van der Waals surface area contributed by atoms with Crippen molar-refractivity contribution in [2.24, 2.45) is 5.73 Å². The van der Waals surface area contributed by atoms with Gasteiger partial charge in [0.2, 0.25) is 5.91 Å². The van der Waals surface area contributed by atoms with Gasteiger partial charge in [0.05, 0.1) is 34.9 Å². The number of rotatable bonds is 8. The summed E-state index contributed by atoms with van der Waals surface area (Å²) >= 11 is 0. The lowest BCUT2D eigenvalue weighted by molar-refractivity contribution is 0.1000. The van der Waals surface area contributed by atoms with Crippen LogP contribution in [-0.4, -0.2) is 27.7 Å². The van der Waals surface area contributed by atoms with Crippen LogP contribution in [0.4, 0.5) is 0 Å². The van der Waals surface area contributed by atoms with Crippen LogP contribution < -0.4 is 11.0 Å². The van der Waals surface area contributed by atoms with Gasteiger partial charge in [-0.2, -0.15) is 0 Å². The average Bonchev–Trinajstić information content (AvgIpc) is 3.03. The van der Waals surface area contributed by atoms with E-state index in [-0.39, 0.29) is 12.2 Å². The van der Waals surface area contributed by atoms with Crippen LogP contribution >= 0.6 is 7.60 Å². The Hall–Kier alpha value is -2.47. The van der Waals surface area contributed by atoms with Crippen LogP contribution in [0.5, 0.6) is 0 Å². The molecule has 3 rings (SSSR count). The summed E-state index contributed by atoms with van der Waals surface area (Å²) in [6, 6.07) is 12.6. The van der Waals surface area contributed by atoms with Crippen LogP contribution in [0.15, 0.2) is 48.8 Å². The minimum atomic E-state index is -3.39. The first kappa shape index (κ1) is 21.2. The molecule has 1 aromatic heterocycles. The number of imidazole rings is 1. The molecule has 1 amide bonds. The van der Waals surface area contributed by atoms with E-state index in [1.54, 1.807) is 30.6 Å². The molecule has 0 saturated heterocycles. The molecule has 29 heavy (non-hydrogen) atoms. The van der Waals surface area contributed by atoms with E-state index in [1.165, 1.54) is 0 Å². The van der Waals surface area contributed by atoms with Crippen LogP contribution in [0.2, 0.25) is 0 Å². The number of carbonyl (C=O) groups is 1. The van der Waals surface area contributed by atoms with E-state index < -0.39 is 13.5 Å². The van der Waals surface area contributed by atoms with Crippen molar-refractivity contribution in [3.8, 4) is 0 Å². The maximum absolute atomic E-state index is 13.2. The standard InChI is InChI=1S/C21H26N3O4P/c1-14(2)27-29(26,28-15(3)4)18-8-5-16(6-9-18)12-24-13-23-19-11-17(21(22)25)7-10-20(19)24/h5-11,13-15H,12H2,1-4H3,(H2,22,25). The Balaban J connectivity index is 1.84. The van der Waals surface area contributed by atoms with E-state index in [0.29, 0.717) is 22.9 Å². The molecule has 154 valence electrons. The zero-order valence-electron chi connectivity index (χ0n) is 17.0. The van der Waals surface area contributed by atoms with Crippen molar-refractivity contribution >= 4 is 29.8 Å². The van der Waals surface area contributed by atoms with Gasteiger partial charge in [-0.25, -0.2) is 4.98 Å². The van der Waals surface area contributed by atoms with Gasteiger partial charge >= 0.3 is 7.60 Å². The van der Waals surface area contributed by atoms with Gasteiger partial charge < -0.3 is 19.3 Å². The Morgan fingerprint density at radius 1 is 1.07 bits per heavy atom. The number of hydrogen-bond acceptors (Lipinski definition) is 5. The van der Waals surface area contributed by atoms with Gasteiger partial charge in [0.25, 0.3) is 0 Å². The molecule has 0 unspecified atom stereocenters. The zero-order chi connectivity index (χ0) is 21.2. The number of nitrogens with zero attached hydrogens (tertiary/aromatic N) is 2. The number of aromatic nitrogens is 2. The lowest BCUT2D eigenvalue weighted by Gasteiger charge is -2.23. The Kier molecular flexibility index (Phi) is 6.22. The fourth-order valence-corrected chi connectivity index (χ4v) is 4.94. The molecule has 0 spiro atoms. The van der Waals surface area contributed by atoms with Gasteiger partial charge in [-0.15, -0.1) is 0 Å². The summed E-state index contributed by atoms with van der Waals surface area (Å²) in [7, 11) is -3.39. The number of amides is 1. The fourth-order valence-electron chi connectivity index (χ4n) is 3.03. The Morgan fingerprint density at radius 2 is 1.69 bits per heavy atom. The molecule has 0 aliphatic rings. The minimum absolute atomic E-state index is 0.220. The molecule has 1 heterocycles. The topological polar surface area (TPSA) is 96.4 Å².